The molecular formula is C15H22N2. The zero-order valence-electron chi connectivity index (χ0n) is 11.0. The molecule has 1 rings (SSSR count). The summed E-state index contributed by atoms with van der Waals surface area (Å²) in [7, 11) is 0. The van der Waals surface area contributed by atoms with Crippen molar-refractivity contribution in [3.8, 4) is 6.07 Å². The molecule has 0 aliphatic heterocycles. The fourth-order valence-corrected chi connectivity index (χ4v) is 1.78. The summed E-state index contributed by atoms with van der Waals surface area (Å²) in [6.45, 7) is 7.03. The van der Waals surface area contributed by atoms with E-state index in [1.807, 2.05) is 6.92 Å². The summed E-state index contributed by atoms with van der Waals surface area (Å²) < 4.78 is 0. The van der Waals surface area contributed by atoms with Crippen molar-refractivity contribution >= 4 is 0 Å². The van der Waals surface area contributed by atoms with E-state index in [4.69, 9.17) is 5.26 Å². The summed E-state index contributed by atoms with van der Waals surface area (Å²) in [6.07, 6.45) is 2.21. The van der Waals surface area contributed by atoms with Crippen molar-refractivity contribution in [2.24, 2.45) is 5.92 Å². The molecule has 2 unspecified atom stereocenters. The van der Waals surface area contributed by atoms with Gasteiger partial charge in [-0.3, -0.25) is 0 Å². The van der Waals surface area contributed by atoms with Crippen LogP contribution in [0.5, 0.6) is 0 Å². The van der Waals surface area contributed by atoms with Crippen LogP contribution < -0.4 is 5.32 Å². The number of nitrogens with one attached hydrogen (secondary N) is 1. The number of hydrogen-bond donors (Lipinski definition) is 1. The third-order valence-electron chi connectivity index (χ3n) is 2.94. The van der Waals surface area contributed by atoms with E-state index in [1.54, 1.807) is 0 Å². The van der Waals surface area contributed by atoms with E-state index in [1.165, 1.54) is 11.1 Å². The average molecular weight is 230 g/mol. The molecule has 17 heavy (non-hydrogen) atoms. The second-order valence-corrected chi connectivity index (χ2v) is 4.87. The van der Waals surface area contributed by atoms with E-state index >= 15 is 0 Å². The zero-order chi connectivity index (χ0) is 12.7. The number of aryl methyl sites for hydroxylation is 2. The van der Waals surface area contributed by atoms with Crippen LogP contribution >= 0.6 is 0 Å². The molecule has 2 atom stereocenters. The molecule has 0 radical (unpaired) electrons. The molecule has 0 bridgehead atoms. The van der Waals surface area contributed by atoms with Crippen molar-refractivity contribution in [1.82, 2.24) is 5.32 Å². The standard InChI is InChI=1S/C15H22N2/c1-12-5-4-6-15(9-12)8-7-14(3)17-11-13(2)10-16/h4-6,9,13-14,17H,7-8,11H2,1-3H3. The van der Waals surface area contributed by atoms with Gasteiger partial charge in [0.1, 0.15) is 0 Å². The molecule has 0 fully saturated rings. The van der Waals surface area contributed by atoms with Crippen molar-refractivity contribution in [1.29, 1.82) is 5.26 Å². The summed E-state index contributed by atoms with van der Waals surface area (Å²) in [5, 5.41) is 12.1. The minimum absolute atomic E-state index is 0.0939. The Bertz CT molecular complexity index is 379. The van der Waals surface area contributed by atoms with Crippen molar-refractivity contribution in [2.75, 3.05) is 6.54 Å². The minimum Gasteiger partial charge on any atom is -0.313 e. The second kappa shape index (κ2) is 7.09. The third kappa shape index (κ3) is 5.51. The van der Waals surface area contributed by atoms with Crippen molar-refractivity contribution in [3.63, 3.8) is 0 Å². The summed E-state index contributed by atoms with van der Waals surface area (Å²) >= 11 is 0. The maximum atomic E-state index is 8.70. The van der Waals surface area contributed by atoms with Gasteiger partial charge >= 0.3 is 0 Å². The van der Waals surface area contributed by atoms with Gasteiger partial charge in [-0.25, -0.2) is 0 Å². The highest BCUT2D eigenvalue weighted by molar-refractivity contribution is 5.22. The molecule has 0 amide bonds. The van der Waals surface area contributed by atoms with Gasteiger partial charge in [-0.1, -0.05) is 29.8 Å². The molecule has 0 aliphatic rings. The minimum atomic E-state index is 0.0939. The van der Waals surface area contributed by atoms with E-state index < -0.39 is 0 Å². The zero-order valence-corrected chi connectivity index (χ0v) is 11.0. The van der Waals surface area contributed by atoms with Gasteiger partial charge in [-0.2, -0.15) is 5.26 Å². The Balaban J connectivity index is 2.29. The van der Waals surface area contributed by atoms with Gasteiger partial charge in [0.15, 0.2) is 0 Å². The maximum absolute atomic E-state index is 8.70. The fourth-order valence-electron chi connectivity index (χ4n) is 1.78. The first-order valence-electron chi connectivity index (χ1n) is 6.30. The van der Waals surface area contributed by atoms with Crippen LogP contribution in [0.15, 0.2) is 24.3 Å². The van der Waals surface area contributed by atoms with Gasteiger partial charge in [-0.05, 0) is 39.2 Å². The van der Waals surface area contributed by atoms with Gasteiger partial charge in [0.2, 0.25) is 0 Å². The maximum Gasteiger partial charge on any atom is 0.0666 e. The van der Waals surface area contributed by atoms with Crippen LogP contribution in [-0.2, 0) is 6.42 Å². The van der Waals surface area contributed by atoms with Gasteiger partial charge in [0.05, 0.1) is 12.0 Å². The van der Waals surface area contributed by atoms with E-state index in [0.29, 0.717) is 6.04 Å². The quantitative estimate of drug-likeness (QED) is 0.815. The fraction of sp³-hybridized carbons (Fsp3) is 0.533. The van der Waals surface area contributed by atoms with Crippen LogP contribution in [0, 0.1) is 24.2 Å². The second-order valence-electron chi connectivity index (χ2n) is 4.87. The van der Waals surface area contributed by atoms with Crippen LogP contribution in [0.2, 0.25) is 0 Å². The van der Waals surface area contributed by atoms with E-state index in [2.05, 4.69) is 49.5 Å². The Labute approximate surface area is 105 Å². The summed E-state index contributed by atoms with van der Waals surface area (Å²) in [5.41, 5.74) is 2.72. The average Bonchev–Trinajstić information content (AvgIpc) is 2.33. The molecule has 0 spiro atoms. The first-order chi connectivity index (χ1) is 8.11. The number of rotatable bonds is 6. The normalized spacial score (nSPS) is 14.0. The highest BCUT2D eigenvalue weighted by Crippen LogP contribution is 2.08. The molecule has 0 aliphatic carbocycles. The Kier molecular flexibility index (Phi) is 5.72. The number of nitrogens with zero attached hydrogens (tertiary/aromatic N) is 1. The highest BCUT2D eigenvalue weighted by Gasteiger charge is 2.05. The smallest absolute Gasteiger partial charge is 0.0666 e. The Morgan fingerprint density at radius 3 is 2.76 bits per heavy atom. The predicted molar refractivity (Wildman–Crippen MR) is 71.7 cm³/mol. The Morgan fingerprint density at radius 1 is 1.35 bits per heavy atom. The lowest BCUT2D eigenvalue weighted by Gasteiger charge is -2.14. The largest absolute Gasteiger partial charge is 0.313 e. The SMILES string of the molecule is Cc1cccc(CCC(C)NCC(C)C#N)c1. The molecule has 1 aromatic rings. The molecule has 2 heteroatoms. The first-order valence-corrected chi connectivity index (χ1v) is 6.30. The molecule has 1 aromatic carbocycles. The summed E-state index contributed by atoms with van der Waals surface area (Å²) in [4.78, 5) is 0. The van der Waals surface area contributed by atoms with Crippen LogP contribution in [0.1, 0.15) is 31.4 Å². The number of hydrogen-bond acceptors (Lipinski definition) is 2. The lowest BCUT2D eigenvalue weighted by atomic mass is 10.0. The molecular weight excluding hydrogens is 208 g/mol. The number of nitriles is 1. The van der Waals surface area contributed by atoms with Crippen LogP contribution in [0.25, 0.3) is 0 Å². The number of benzene rings is 1. The highest BCUT2D eigenvalue weighted by atomic mass is 14.9. The van der Waals surface area contributed by atoms with Crippen molar-refractivity contribution < 1.29 is 0 Å². The molecule has 92 valence electrons. The van der Waals surface area contributed by atoms with E-state index in [0.717, 1.165) is 19.4 Å². The molecule has 1 N–H and O–H groups in total. The van der Waals surface area contributed by atoms with Gasteiger partial charge < -0.3 is 5.32 Å². The van der Waals surface area contributed by atoms with Crippen LogP contribution in [-0.4, -0.2) is 12.6 Å². The van der Waals surface area contributed by atoms with E-state index in [9.17, 15) is 0 Å². The topological polar surface area (TPSA) is 35.8 Å². The van der Waals surface area contributed by atoms with E-state index in [-0.39, 0.29) is 5.92 Å². The first kappa shape index (κ1) is 13.7. The van der Waals surface area contributed by atoms with Gasteiger partial charge in [0.25, 0.3) is 0 Å². The molecule has 0 saturated carbocycles. The van der Waals surface area contributed by atoms with Crippen LogP contribution in [0.4, 0.5) is 0 Å². The molecule has 0 saturated heterocycles. The van der Waals surface area contributed by atoms with Crippen LogP contribution in [0.3, 0.4) is 0 Å². The summed E-state index contributed by atoms with van der Waals surface area (Å²) in [5.74, 6) is 0.0939. The lowest BCUT2D eigenvalue weighted by Crippen LogP contribution is -2.30. The lowest BCUT2D eigenvalue weighted by molar-refractivity contribution is 0.486. The monoisotopic (exact) mass is 230 g/mol. The Hall–Kier alpha value is -1.33. The summed E-state index contributed by atoms with van der Waals surface area (Å²) in [6, 6.07) is 11.4. The predicted octanol–water partition coefficient (Wildman–Crippen LogP) is 3.07. The van der Waals surface area contributed by atoms with Crippen molar-refractivity contribution in [3.05, 3.63) is 35.4 Å². The molecule has 0 heterocycles. The van der Waals surface area contributed by atoms with Gasteiger partial charge in [0, 0.05) is 12.6 Å². The third-order valence-corrected chi connectivity index (χ3v) is 2.94. The van der Waals surface area contributed by atoms with Crippen molar-refractivity contribution in [2.45, 2.75) is 39.7 Å². The van der Waals surface area contributed by atoms with Gasteiger partial charge in [-0.15, -0.1) is 0 Å². The Morgan fingerprint density at radius 2 is 2.12 bits per heavy atom. The molecule has 0 aromatic heterocycles. The molecule has 2 nitrogen and oxygen atoms in total.